The Labute approximate surface area is 127 Å². The number of benzene rings is 1. The molecular weight excluding hydrogens is 268 g/mol. The molecule has 0 radical (unpaired) electrons. The molecule has 0 aliphatic carbocycles. The summed E-state index contributed by atoms with van der Waals surface area (Å²) < 4.78 is 0. The van der Waals surface area contributed by atoms with Gasteiger partial charge in [-0.1, -0.05) is 55.9 Å². The molecule has 0 heterocycles. The van der Waals surface area contributed by atoms with Crippen LogP contribution in [0, 0.1) is 12.3 Å². The summed E-state index contributed by atoms with van der Waals surface area (Å²) in [6.07, 6.45) is 1.27. The standard InChI is InChI=1S/C16H24N2OS/c1-5-16(6-2,14(17)20)15(19)18(4)11-13-9-7-8-12(3)10-13/h7-10H,5-6,11H2,1-4H3,(H2,17,20). The lowest BCUT2D eigenvalue weighted by Crippen LogP contribution is -2.48. The van der Waals surface area contributed by atoms with E-state index in [2.05, 4.69) is 6.07 Å². The molecule has 0 aromatic heterocycles. The average molecular weight is 292 g/mol. The van der Waals surface area contributed by atoms with E-state index in [-0.39, 0.29) is 5.91 Å². The van der Waals surface area contributed by atoms with Gasteiger partial charge in [0.2, 0.25) is 5.91 Å². The van der Waals surface area contributed by atoms with Crippen molar-refractivity contribution in [2.75, 3.05) is 7.05 Å². The van der Waals surface area contributed by atoms with E-state index in [1.165, 1.54) is 5.56 Å². The van der Waals surface area contributed by atoms with Crippen molar-refractivity contribution in [3.8, 4) is 0 Å². The Morgan fingerprint density at radius 3 is 2.40 bits per heavy atom. The summed E-state index contributed by atoms with van der Waals surface area (Å²) in [5.41, 5.74) is 7.42. The van der Waals surface area contributed by atoms with Gasteiger partial charge in [0.15, 0.2) is 0 Å². The molecule has 0 saturated heterocycles. The van der Waals surface area contributed by atoms with Crippen molar-refractivity contribution in [3.05, 3.63) is 35.4 Å². The van der Waals surface area contributed by atoms with Gasteiger partial charge in [-0.25, -0.2) is 0 Å². The third kappa shape index (κ3) is 3.37. The van der Waals surface area contributed by atoms with Gasteiger partial charge in [0.25, 0.3) is 0 Å². The maximum Gasteiger partial charge on any atom is 0.235 e. The summed E-state index contributed by atoms with van der Waals surface area (Å²) in [7, 11) is 1.81. The number of nitrogens with zero attached hydrogens (tertiary/aromatic N) is 1. The smallest absolute Gasteiger partial charge is 0.235 e. The van der Waals surface area contributed by atoms with Gasteiger partial charge in [-0.15, -0.1) is 0 Å². The predicted octanol–water partition coefficient (Wildman–Crippen LogP) is 3.05. The number of hydrogen-bond donors (Lipinski definition) is 1. The Morgan fingerprint density at radius 1 is 1.35 bits per heavy atom. The van der Waals surface area contributed by atoms with E-state index < -0.39 is 5.41 Å². The number of carbonyl (C=O) groups is 1. The Hall–Kier alpha value is -1.42. The first-order valence-electron chi connectivity index (χ1n) is 6.98. The van der Waals surface area contributed by atoms with E-state index in [1.807, 2.05) is 46.0 Å². The summed E-state index contributed by atoms with van der Waals surface area (Å²) in [5.74, 6) is 0.0107. The third-order valence-corrected chi connectivity index (χ3v) is 4.33. The summed E-state index contributed by atoms with van der Waals surface area (Å²) in [5, 5.41) is 0. The maximum absolute atomic E-state index is 12.7. The van der Waals surface area contributed by atoms with E-state index in [4.69, 9.17) is 18.0 Å². The van der Waals surface area contributed by atoms with Crippen LogP contribution in [-0.4, -0.2) is 22.8 Å². The minimum absolute atomic E-state index is 0.0107. The van der Waals surface area contributed by atoms with Gasteiger partial charge in [0.05, 0.1) is 10.4 Å². The molecule has 1 amide bonds. The minimum Gasteiger partial charge on any atom is -0.392 e. The maximum atomic E-state index is 12.7. The molecule has 0 bridgehead atoms. The number of aryl methyl sites for hydroxylation is 1. The van der Waals surface area contributed by atoms with Crippen LogP contribution < -0.4 is 5.73 Å². The number of amides is 1. The molecule has 0 unspecified atom stereocenters. The average Bonchev–Trinajstić information content (AvgIpc) is 2.40. The fraction of sp³-hybridized carbons (Fsp3) is 0.500. The van der Waals surface area contributed by atoms with Crippen molar-refractivity contribution >= 4 is 23.1 Å². The predicted molar refractivity (Wildman–Crippen MR) is 87.5 cm³/mol. The molecule has 110 valence electrons. The molecule has 3 nitrogen and oxygen atoms in total. The fourth-order valence-electron chi connectivity index (χ4n) is 2.53. The van der Waals surface area contributed by atoms with Gasteiger partial charge in [-0.05, 0) is 25.3 Å². The van der Waals surface area contributed by atoms with E-state index in [9.17, 15) is 4.79 Å². The summed E-state index contributed by atoms with van der Waals surface area (Å²) in [4.78, 5) is 14.7. The molecular formula is C16H24N2OS. The van der Waals surface area contributed by atoms with E-state index in [0.29, 0.717) is 24.4 Å². The van der Waals surface area contributed by atoms with Gasteiger partial charge in [0.1, 0.15) is 0 Å². The third-order valence-electron chi connectivity index (χ3n) is 3.94. The molecule has 2 N–H and O–H groups in total. The van der Waals surface area contributed by atoms with Crippen LogP contribution in [0.1, 0.15) is 37.8 Å². The molecule has 0 atom stereocenters. The zero-order valence-electron chi connectivity index (χ0n) is 12.8. The van der Waals surface area contributed by atoms with Crippen molar-refractivity contribution < 1.29 is 4.79 Å². The zero-order chi connectivity index (χ0) is 15.3. The van der Waals surface area contributed by atoms with Crippen LogP contribution in [-0.2, 0) is 11.3 Å². The van der Waals surface area contributed by atoms with Gasteiger partial charge in [-0.2, -0.15) is 0 Å². The van der Waals surface area contributed by atoms with Gasteiger partial charge < -0.3 is 10.6 Å². The van der Waals surface area contributed by atoms with Crippen LogP contribution in [0.3, 0.4) is 0 Å². The normalized spacial score (nSPS) is 11.2. The number of thiocarbonyl (C=S) groups is 1. The van der Waals surface area contributed by atoms with Crippen LogP contribution >= 0.6 is 12.2 Å². The molecule has 1 aromatic rings. The highest BCUT2D eigenvalue weighted by atomic mass is 32.1. The van der Waals surface area contributed by atoms with Crippen molar-refractivity contribution in [3.63, 3.8) is 0 Å². The molecule has 0 aliphatic heterocycles. The molecule has 1 aromatic carbocycles. The highest BCUT2D eigenvalue weighted by molar-refractivity contribution is 7.80. The van der Waals surface area contributed by atoms with Crippen LogP contribution in [0.25, 0.3) is 0 Å². The highest BCUT2D eigenvalue weighted by Gasteiger charge is 2.39. The second-order valence-corrected chi connectivity index (χ2v) is 5.74. The number of hydrogen-bond acceptors (Lipinski definition) is 2. The first-order chi connectivity index (χ1) is 9.37. The lowest BCUT2D eigenvalue weighted by Gasteiger charge is -2.33. The van der Waals surface area contributed by atoms with E-state index in [1.54, 1.807) is 4.90 Å². The van der Waals surface area contributed by atoms with Crippen LogP contribution in [0.15, 0.2) is 24.3 Å². The second-order valence-electron chi connectivity index (χ2n) is 5.30. The zero-order valence-corrected chi connectivity index (χ0v) is 13.6. The van der Waals surface area contributed by atoms with Crippen molar-refractivity contribution in [1.29, 1.82) is 0 Å². The Bertz CT molecular complexity index is 495. The van der Waals surface area contributed by atoms with Gasteiger partial charge in [-0.3, -0.25) is 4.79 Å². The van der Waals surface area contributed by atoms with Crippen molar-refractivity contribution in [1.82, 2.24) is 4.90 Å². The number of rotatable bonds is 6. The largest absolute Gasteiger partial charge is 0.392 e. The second kappa shape index (κ2) is 6.84. The van der Waals surface area contributed by atoms with Crippen molar-refractivity contribution in [2.45, 2.75) is 40.2 Å². The fourth-order valence-corrected chi connectivity index (χ4v) is 2.90. The molecule has 0 aliphatic rings. The van der Waals surface area contributed by atoms with Crippen molar-refractivity contribution in [2.24, 2.45) is 11.1 Å². The minimum atomic E-state index is -0.714. The molecule has 0 fully saturated rings. The summed E-state index contributed by atoms with van der Waals surface area (Å²) >= 11 is 5.14. The Balaban J connectivity index is 2.93. The lowest BCUT2D eigenvalue weighted by atomic mass is 9.80. The van der Waals surface area contributed by atoms with E-state index in [0.717, 1.165) is 5.56 Å². The SMILES string of the molecule is CCC(CC)(C(=O)N(C)Cc1cccc(C)c1)C(N)=S. The summed E-state index contributed by atoms with van der Waals surface area (Å²) in [6, 6.07) is 8.16. The lowest BCUT2D eigenvalue weighted by molar-refractivity contribution is -0.137. The molecule has 20 heavy (non-hydrogen) atoms. The quantitative estimate of drug-likeness (QED) is 0.820. The molecule has 1 rings (SSSR count). The van der Waals surface area contributed by atoms with Crippen LogP contribution in [0.2, 0.25) is 0 Å². The highest BCUT2D eigenvalue weighted by Crippen LogP contribution is 2.29. The Kier molecular flexibility index (Phi) is 5.69. The molecule has 0 saturated carbocycles. The van der Waals surface area contributed by atoms with Gasteiger partial charge in [0, 0.05) is 13.6 Å². The first kappa shape index (κ1) is 16.6. The van der Waals surface area contributed by atoms with E-state index >= 15 is 0 Å². The monoisotopic (exact) mass is 292 g/mol. The first-order valence-corrected chi connectivity index (χ1v) is 7.39. The topological polar surface area (TPSA) is 46.3 Å². The van der Waals surface area contributed by atoms with Crippen LogP contribution in [0.5, 0.6) is 0 Å². The summed E-state index contributed by atoms with van der Waals surface area (Å²) in [6.45, 7) is 6.54. The van der Waals surface area contributed by atoms with Crippen LogP contribution in [0.4, 0.5) is 0 Å². The molecule has 0 spiro atoms. The number of nitrogens with two attached hydrogens (primary N) is 1. The number of carbonyl (C=O) groups excluding carboxylic acids is 1. The Morgan fingerprint density at radius 2 is 1.95 bits per heavy atom. The van der Waals surface area contributed by atoms with Gasteiger partial charge >= 0.3 is 0 Å². The molecule has 4 heteroatoms.